The Balaban J connectivity index is 3.26. The third-order valence-electron chi connectivity index (χ3n) is 3.58. The Kier molecular flexibility index (Phi) is 9.29. The fraction of sp³-hybridized carbons (Fsp3) is 0.556. The molecule has 0 aliphatic carbocycles. The van der Waals surface area contributed by atoms with Gasteiger partial charge >= 0.3 is 17.9 Å². The molecule has 0 bridgehead atoms. The van der Waals surface area contributed by atoms with Crippen molar-refractivity contribution in [2.45, 2.75) is 26.8 Å². The lowest BCUT2D eigenvalue weighted by molar-refractivity contribution is -0.166. The van der Waals surface area contributed by atoms with Crippen LogP contribution in [0.2, 0.25) is 0 Å². The summed E-state index contributed by atoms with van der Waals surface area (Å²) in [7, 11) is 1.63. The van der Waals surface area contributed by atoms with Crippen molar-refractivity contribution < 1.29 is 28.6 Å². The molecule has 0 amide bonds. The second-order valence-electron chi connectivity index (χ2n) is 5.43. The minimum atomic E-state index is -1.25. The van der Waals surface area contributed by atoms with Gasteiger partial charge in [0.15, 0.2) is 5.92 Å². The molecule has 1 aromatic rings. The molecule has 0 saturated heterocycles. The first kappa shape index (κ1) is 21.6. The summed E-state index contributed by atoms with van der Waals surface area (Å²) in [5.74, 6) is -3.14. The number of rotatable bonds is 10. The van der Waals surface area contributed by atoms with E-state index in [1.165, 1.54) is 6.20 Å². The first-order chi connectivity index (χ1) is 12.5. The zero-order valence-electron chi connectivity index (χ0n) is 15.6. The first-order valence-electron chi connectivity index (χ1n) is 8.55. The van der Waals surface area contributed by atoms with Gasteiger partial charge in [0.05, 0.1) is 32.4 Å². The third kappa shape index (κ3) is 6.11. The molecule has 1 aromatic heterocycles. The predicted molar refractivity (Wildman–Crippen MR) is 93.0 cm³/mol. The molecule has 0 N–H and O–H groups in total. The summed E-state index contributed by atoms with van der Waals surface area (Å²) in [5, 5.41) is 0. The fourth-order valence-electron chi connectivity index (χ4n) is 2.58. The van der Waals surface area contributed by atoms with Gasteiger partial charge in [-0.25, -0.2) is 0 Å². The van der Waals surface area contributed by atoms with Crippen LogP contribution in [0.4, 0.5) is 0 Å². The van der Waals surface area contributed by atoms with Gasteiger partial charge in [-0.1, -0.05) is 6.07 Å². The molecular weight excluding hydrogens is 340 g/mol. The van der Waals surface area contributed by atoms with Gasteiger partial charge in [0, 0.05) is 12.4 Å². The smallest absolute Gasteiger partial charge is 0.322 e. The molecule has 8 heteroatoms. The fourth-order valence-corrected chi connectivity index (χ4v) is 2.58. The van der Waals surface area contributed by atoms with E-state index in [0.717, 1.165) is 0 Å². The van der Waals surface area contributed by atoms with E-state index < -0.39 is 29.9 Å². The highest BCUT2D eigenvalue weighted by Gasteiger charge is 2.41. The van der Waals surface area contributed by atoms with E-state index in [2.05, 4.69) is 4.98 Å². The molecule has 0 fully saturated rings. The summed E-state index contributed by atoms with van der Waals surface area (Å²) in [5.41, 5.74) is 0.588. The number of nitrogens with zero attached hydrogens (tertiary/aromatic N) is 2. The van der Waals surface area contributed by atoms with Crippen molar-refractivity contribution in [2.75, 3.05) is 33.4 Å². The van der Waals surface area contributed by atoms with Crippen LogP contribution in [-0.2, 0) is 28.6 Å². The Morgan fingerprint density at radius 1 is 1.04 bits per heavy atom. The Labute approximate surface area is 153 Å². The Bertz CT molecular complexity index is 575. The van der Waals surface area contributed by atoms with E-state index in [-0.39, 0.29) is 26.4 Å². The van der Waals surface area contributed by atoms with Crippen molar-refractivity contribution in [3.8, 4) is 0 Å². The topological polar surface area (TPSA) is 95.0 Å². The zero-order valence-corrected chi connectivity index (χ0v) is 15.6. The van der Waals surface area contributed by atoms with Crippen LogP contribution in [0.5, 0.6) is 0 Å². The van der Waals surface area contributed by atoms with Crippen LogP contribution >= 0.6 is 0 Å². The second kappa shape index (κ2) is 11.2. The predicted octanol–water partition coefficient (Wildman–Crippen LogP) is 1.36. The summed E-state index contributed by atoms with van der Waals surface area (Å²) in [6.45, 7) is 5.39. The molecule has 8 nitrogen and oxygen atoms in total. The number of esters is 3. The first-order valence-corrected chi connectivity index (χ1v) is 8.55. The highest BCUT2D eigenvalue weighted by Crippen LogP contribution is 2.29. The number of ether oxygens (including phenoxy) is 3. The molecule has 1 unspecified atom stereocenters. The number of likely N-dealkylation sites (N-methyl/N-ethyl adjacent to an activating group) is 1. The molecule has 0 radical (unpaired) electrons. The van der Waals surface area contributed by atoms with Crippen LogP contribution in [0.3, 0.4) is 0 Å². The SMILES string of the molecule is CCOC(=O)CN(C)C(c1cccnc1)C(C(=O)OCC)C(=O)OCC. The van der Waals surface area contributed by atoms with E-state index in [4.69, 9.17) is 14.2 Å². The molecule has 1 atom stereocenters. The maximum Gasteiger partial charge on any atom is 0.322 e. The van der Waals surface area contributed by atoms with Crippen molar-refractivity contribution in [1.29, 1.82) is 0 Å². The van der Waals surface area contributed by atoms with Crippen LogP contribution < -0.4 is 0 Å². The monoisotopic (exact) mass is 366 g/mol. The van der Waals surface area contributed by atoms with E-state index in [1.54, 1.807) is 51.0 Å². The Morgan fingerprint density at radius 3 is 2.08 bits per heavy atom. The molecule has 1 rings (SSSR count). The summed E-state index contributed by atoms with van der Waals surface area (Å²) in [6.07, 6.45) is 3.12. The highest BCUT2D eigenvalue weighted by molar-refractivity contribution is 5.96. The summed E-state index contributed by atoms with van der Waals surface area (Å²) in [6, 6.07) is 2.63. The van der Waals surface area contributed by atoms with Crippen molar-refractivity contribution in [3.63, 3.8) is 0 Å². The van der Waals surface area contributed by atoms with E-state index >= 15 is 0 Å². The lowest BCUT2D eigenvalue weighted by Crippen LogP contribution is -2.43. The maximum atomic E-state index is 12.5. The standard InChI is InChI=1S/C18H26N2O6/c1-5-24-14(21)12-20(4)16(13-9-8-10-19-11-13)15(17(22)25-6-2)18(23)26-7-3/h8-11,15-16H,5-7,12H2,1-4H3. The van der Waals surface area contributed by atoms with Gasteiger partial charge in [-0.05, 0) is 39.4 Å². The van der Waals surface area contributed by atoms with Crippen molar-refractivity contribution in [3.05, 3.63) is 30.1 Å². The van der Waals surface area contributed by atoms with Crippen LogP contribution in [0.15, 0.2) is 24.5 Å². The average molecular weight is 366 g/mol. The molecular formula is C18H26N2O6. The lowest BCUT2D eigenvalue weighted by atomic mass is 9.92. The zero-order chi connectivity index (χ0) is 19.5. The third-order valence-corrected chi connectivity index (χ3v) is 3.58. The number of hydrogen-bond acceptors (Lipinski definition) is 8. The van der Waals surface area contributed by atoms with E-state index in [1.807, 2.05) is 0 Å². The van der Waals surface area contributed by atoms with Crippen LogP contribution in [0.25, 0.3) is 0 Å². The maximum absolute atomic E-state index is 12.5. The summed E-state index contributed by atoms with van der Waals surface area (Å²) in [4.78, 5) is 42.5. The molecule has 0 aromatic carbocycles. The Hall–Kier alpha value is -2.48. The van der Waals surface area contributed by atoms with Gasteiger partial charge in [0.1, 0.15) is 0 Å². The normalized spacial score (nSPS) is 11.9. The lowest BCUT2D eigenvalue weighted by Gasteiger charge is -2.31. The molecule has 0 aliphatic rings. The van der Waals surface area contributed by atoms with Crippen molar-refractivity contribution >= 4 is 17.9 Å². The largest absolute Gasteiger partial charge is 0.465 e. The Morgan fingerprint density at radius 2 is 1.62 bits per heavy atom. The molecule has 0 spiro atoms. The van der Waals surface area contributed by atoms with Crippen LogP contribution in [0.1, 0.15) is 32.4 Å². The summed E-state index contributed by atoms with van der Waals surface area (Å²) >= 11 is 0. The molecule has 0 saturated carbocycles. The van der Waals surface area contributed by atoms with Gasteiger partial charge < -0.3 is 14.2 Å². The van der Waals surface area contributed by atoms with Crippen LogP contribution in [-0.4, -0.2) is 61.2 Å². The molecule has 144 valence electrons. The number of hydrogen-bond donors (Lipinski definition) is 0. The van der Waals surface area contributed by atoms with Gasteiger partial charge in [0.25, 0.3) is 0 Å². The van der Waals surface area contributed by atoms with E-state index in [0.29, 0.717) is 5.56 Å². The van der Waals surface area contributed by atoms with Crippen molar-refractivity contribution in [1.82, 2.24) is 9.88 Å². The number of pyridine rings is 1. The summed E-state index contributed by atoms with van der Waals surface area (Å²) < 4.78 is 15.1. The van der Waals surface area contributed by atoms with E-state index in [9.17, 15) is 14.4 Å². The molecule has 1 heterocycles. The minimum absolute atomic E-state index is 0.108. The van der Waals surface area contributed by atoms with Gasteiger partial charge in [0.2, 0.25) is 0 Å². The minimum Gasteiger partial charge on any atom is -0.465 e. The number of carbonyl (C=O) groups is 3. The molecule has 26 heavy (non-hydrogen) atoms. The average Bonchev–Trinajstić information content (AvgIpc) is 2.60. The quantitative estimate of drug-likeness (QED) is 0.348. The second-order valence-corrected chi connectivity index (χ2v) is 5.43. The molecule has 0 aliphatic heterocycles. The number of carbonyl (C=O) groups excluding carboxylic acids is 3. The van der Waals surface area contributed by atoms with Gasteiger partial charge in [-0.15, -0.1) is 0 Å². The van der Waals surface area contributed by atoms with Crippen LogP contribution in [0, 0.1) is 5.92 Å². The van der Waals surface area contributed by atoms with Gasteiger partial charge in [-0.3, -0.25) is 24.3 Å². The van der Waals surface area contributed by atoms with Gasteiger partial charge in [-0.2, -0.15) is 0 Å². The highest BCUT2D eigenvalue weighted by atomic mass is 16.6. The number of aromatic nitrogens is 1. The van der Waals surface area contributed by atoms with Crippen molar-refractivity contribution in [2.24, 2.45) is 5.92 Å².